The Bertz CT molecular complexity index is 1090. The van der Waals surface area contributed by atoms with Crippen LogP contribution >= 0.6 is 0 Å². The molecule has 1 aliphatic heterocycles. The van der Waals surface area contributed by atoms with E-state index in [1.165, 1.54) is 25.1 Å². The lowest BCUT2D eigenvalue weighted by atomic mass is 9.99. The van der Waals surface area contributed by atoms with Crippen LogP contribution in [-0.4, -0.2) is 24.5 Å². The van der Waals surface area contributed by atoms with E-state index < -0.39 is 24.7 Å². The quantitative estimate of drug-likeness (QED) is 0.421. The van der Waals surface area contributed by atoms with Crippen molar-refractivity contribution in [3.05, 3.63) is 77.1 Å². The average Bonchev–Trinajstić information content (AvgIpc) is 3.00. The highest BCUT2D eigenvalue weighted by molar-refractivity contribution is 6.07. The van der Waals surface area contributed by atoms with Crippen LogP contribution in [0.4, 0.5) is 27.6 Å². The molecule has 4 nitrogen and oxygen atoms in total. The molecule has 2 aromatic rings. The van der Waals surface area contributed by atoms with E-state index in [1.54, 1.807) is 12.1 Å². The normalized spacial score (nSPS) is 14.8. The Hall–Kier alpha value is -3.23. The lowest BCUT2D eigenvalue weighted by molar-refractivity contribution is -0.156. The zero-order chi connectivity index (χ0) is 24.9. The molecule has 0 saturated carbocycles. The van der Waals surface area contributed by atoms with Crippen LogP contribution in [0.25, 0.3) is 0 Å². The lowest BCUT2D eigenvalue weighted by Gasteiger charge is -2.16. The van der Waals surface area contributed by atoms with Crippen molar-refractivity contribution in [1.29, 1.82) is 0 Å². The summed E-state index contributed by atoms with van der Waals surface area (Å²) < 4.78 is 71.3. The maximum Gasteiger partial charge on any atom is 0.422 e. The molecule has 1 aliphatic rings. The summed E-state index contributed by atoms with van der Waals surface area (Å²) >= 11 is 0. The van der Waals surface area contributed by atoms with Crippen LogP contribution in [0.5, 0.6) is 0 Å². The zero-order valence-electron chi connectivity index (χ0n) is 19.1. The molecule has 0 bridgehead atoms. The number of nitrogens with zero attached hydrogens (tertiary/aromatic N) is 2. The standard InChI is InChI=1S/C25H26F5N3O/c1-4-24(26,27)19-6-5-7-20(14-19)31-22-13-12-21(18-10-8-17(9-11-18)16(2)3)32-23(33-22)34-15-25(28,29)30/h5-11,13-14,16,31H,4,12,15H2,1-3H3. The van der Waals surface area contributed by atoms with Crippen LogP contribution in [0.3, 0.4) is 0 Å². The predicted molar refractivity (Wildman–Crippen MR) is 123 cm³/mol. The Labute approximate surface area is 195 Å². The van der Waals surface area contributed by atoms with Gasteiger partial charge in [-0.1, -0.05) is 57.2 Å². The van der Waals surface area contributed by atoms with E-state index >= 15 is 0 Å². The van der Waals surface area contributed by atoms with Crippen LogP contribution in [0.15, 0.2) is 70.4 Å². The summed E-state index contributed by atoms with van der Waals surface area (Å²) in [5, 5.41) is 2.89. The Balaban J connectivity index is 1.89. The first-order chi connectivity index (χ1) is 16.0. The summed E-state index contributed by atoms with van der Waals surface area (Å²) in [6.45, 7) is 3.94. The van der Waals surface area contributed by atoms with Gasteiger partial charge in [0.1, 0.15) is 5.82 Å². The van der Waals surface area contributed by atoms with Gasteiger partial charge in [-0.15, -0.1) is 0 Å². The highest BCUT2D eigenvalue weighted by atomic mass is 19.4. The van der Waals surface area contributed by atoms with Gasteiger partial charge >= 0.3 is 12.2 Å². The maximum absolute atomic E-state index is 14.1. The number of amidine groups is 1. The molecule has 0 aliphatic carbocycles. The summed E-state index contributed by atoms with van der Waals surface area (Å²) in [6, 6.07) is 12.7. The molecule has 2 aromatic carbocycles. The van der Waals surface area contributed by atoms with Crippen molar-refractivity contribution < 1.29 is 26.7 Å². The van der Waals surface area contributed by atoms with Gasteiger partial charge in [0, 0.05) is 24.1 Å². The second kappa shape index (κ2) is 10.4. The van der Waals surface area contributed by atoms with Gasteiger partial charge in [-0.3, -0.25) is 0 Å². The van der Waals surface area contributed by atoms with E-state index in [1.807, 2.05) is 24.3 Å². The van der Waals surface area contributed by atoms with Gasteiger partial charge in [0.25, 0.3) is 5.92 Å². The molecule has 1 heterocycles. The molecule has 0 spiro atoms. The number of rotatable bonds is 7. The minimum absolute atomic E-state index is 0.145. The molecule has 9 heteroatoms. The number of benzene rings is 2. The fourth-order valence-corrected chi connectivity index (χ4v) is 3.24. The number of hydrogen-bond acceptors (Lipinski definition) is 4. The maximum atomic E-state index is 14.1. The second-order valence-corrected chi connectivity index (χ2v) is 8.19. The summed E-state index contributed by atoms with van der Waals surface area (Å²) in [6.07, 6.45) is -3.05. The van der Waals surface area contributed by atoms with Gasteiger partial charge in [0.15, 0.2) is 6.61 Å². The third-order valence-corrected chi connectivity index (χ3v) is 5.21. The van der Waals surface area contributed by atoms with Crippen molar-refractivity contribution >= 4 is 17.4 Å². The summed E-state index contributed by atoms with van der Waals surface area (Å²) in [7, 11) is 0. The summed E-state index contributed by atoms with van der Waals surface area (Å²) in [4.78, 5) is 8.29. The van der Waals surface area contributed by atoms with E-state index in [0.29, 0.717) is 17.3 Å². The number of ether oxygens (including phenoxy) is 1. The summed E-state index contributed by atoms with van der Waals surface area (Å²) in [5.74, 6) is -2.53. The monoisotopic (exact) mass is 479 g/mol. The zero-order valence-corrected chi connectivity index (χ0v) is 19.1. The topological polar surface area (TPSA) is 46.0 Å². The molecule has 1 N–H and O–H groups in total. The Morgan fingerprint density at radius 3 is 2.32 bits per heavy atom. The van der Waals surface area contributed by atoms with Gasteiger partial charge in [0.05, 0.1) is 5.71 Å². The van der Waals surface area contributed by atoms with Crippen LogP contribution < -0.4 is 5.32 Å². The lowest BCUT2D eigenvalue weighted by Crippen LogP contribution is -2.20. The Morgan fingerprint density at radius 1 is 1.00 bits per heavy atom. The highest BCUT2D eigenvalue weighted by Gasteiger charge is 2.30. The first-order valence-corrected chi connectivity index (χ1v) is 10.9. The first-order valence-electron chi connectivity index (χ1n) is 10.9. The van der Waals surface area contributed by atoms with Crippen molar-refractivity contribution in [2.45, 2.75) is 51.6 Å². The highest BCUT2D eigenvalue weighted by Crippen LogP contribution is 2.33. The van der Waals surface area contributed by atoms with Crippen molar-refractivity contribution in [2.24, 2.45) is 9.98 Å². The molecular weight excluding hydrogens is 453 g/mol. The third-order valence-electron chi connectivity index (χ3n) is 5.21. The smallest absolute Gasteiger partial charge is 0.422 e. The average molecular weight is 479 g/mol. The molecular formula is C25H26F5N3O. The first kappa shape index (κ1) is 25.4. The van der Waals surface area contributed by atoms with E-state index in [9.17, 15) is 22.0 Å². The van der Waals surface area contributed by atoms with Crippen molar-refractivity contribution in [3.8, 4) is 0 Å². The minimum atomic E-state index is -4.57. The number of allylic oxidation sites excluding steroid dienone is 1. The van der Waals surface area contributed by atoms with Crippen LogP contribution in [0.2, 0.25) is 0 Å². The molecule has 0 unspecified atom stereocenters. The molecule has 0 radical (unpaired) electrons. The van der Waals surface area contributed by atoms with E-state index in [4.69, 9.17) is 4.74 Å². The molecule has 0 amide bonds. The number of alkyl halides is 5. The largest absolute Gasteiger partial charge is 0.454 e. The van der Waals surface area contributed by atoms with E-state index in [0.717, 1.165) is 11.1 Å². The number of halogens is 5. The summed E-state index contributed by atoms with van der Waals surface area (Å²) in [5.41, 5.74) is 2.45. The van der Waals surface area contributed by atoms with E-state index in [2.05, 4.69) is 29.1 Å². The number of nitrogens with one attached hydrogen (secondary N) is 1. The second-order valence-electron chi connectivity index (χ2n) is 8.19. The van der Waals surface area contributed by atoms with Gasteiger partial charge in [-0.2, -0.15) is 23.2 Å². The number of hydrogen-bond donors (Lipinski definition) is 1. The molecule has 0 atom stereocenters. The van der Waals surface area contributed by atoms with Gasteiger partial charge in [-0.25, -0.2) is 8.78 Å². The van der Waals surface area contributed by atoms with Gasteiger partial charge < -0.3 is 10.1 Å². The molecule has 0 saturated heterocycles. The minimum Gasteiger partial charge on any atom is -0.454 e. The number of anilines is 1. The van der Waals surface area contributed by atoms with Crippen molar-refractivity contribution in [3.63, 3.8) is 0 Å². The third kappa shape index (κ3) is 6.88. The van der Waals surface area contributed by atoms with Gasteiger partial charge in [0.2, 0.25) is 0 Å². The Kier molecular flexibility index (Phi) is 7.74. The van der Waals surface area contributed by atoms with Crippen LogP contribution in [0, 0.1) is 0 Å². The van der Waals surface area contributed by atoms with Crippen LogP contribution in [0.1, 0.15) is 56.2 Å². The van der Waals surface area contributed by atoms with Crippen LogP contribution in [-0.2, 0) is 10.7 Å². The molecule has 0 fully saturated rings. The SMILES string of the molecule is CCC(F)(F)c1cccc(NC2=CCC(c3ccc(C(C)C)cc3)=NC(OCC(F)(F)F)=N2)c1. The fourth-order valence-electron chi connectivity index (χ4n) is 3.24. The molecule has 34 heavy (non-hydrogen) atoms. The van der Waals surface area contributed by atoms with Gasteiger partial charge in [-0.05, 0) is 35.3 Å². The van der Waals surface area contributed by atoms with Crippen molar-refractivity contribution in [1.82, 2.24) is 0 Å². The molecule has 0 aromatic heterocycles. The van der Waals surface area contributed by atoms with E-state index in [-0.39, 0.29) is 24.2 Å². The Morgan fingerprint density at radius 2 is 1.71 bits per heavy atom. The predicted octanol–water partition coefficient (Wildman–Crippen LogP) is 7.39. The fraction of sp³-hybridized carbons (Fsp3) is 0.360. The molecule has 182 valence electrons. The van der Waals surface area contributed by atoms with Crippen molar-refractivity contribution in [2.75, 3.05) is 11.9 Å². The number of aliphatic imine (C=N–C) groups is 2. The molecule has 3 rings (SSSR count).